The Hall–Kier alpha value is -1.82. The number of carbonyl (C=O) groups is 1. The molecule has 1 N–H and O–H groups in total. The Labute approximate surface area is 115 Å². The summed E-state index contributed by atoms with van der Waals surface area (Å²) in [6.45, 7) is 0. The van der Waals surface area contributed by atoms with Crippen molar-refractivity contribution in [1.82, 2.24) is 14.8 Å². The quantitative estimate of drug-likeness (QED) is 0.815. The number of aliphatic carboxylic acids is 1. The Morgan fingerprint density at radius 1 is 1.32 bits per heavy atom. The van der Waals surface area contributed by atoms with E-state index in [0.29, 0.717) is 5.16 Å². The van der Waals surface area contributed by atoms with Crippen LogP contribution in [0.25, 0.3) is 0 Å². The molecule has 0 radical (unpaired) electrons. The van der Waals surface area contributed by atoms with Crippen LogP contribution in [0.1, 0.15) is 11.4 Å². The smallest absolute Gasteiger partial charge is 0.313 e. The summed E-state index contributed by atoms with van der Waals surface area (Å²) in [6, 6.07) is 10.2. The van der Waals surface area contributed by atoms with Crippen molar-refractivity contribution in [2.24, 2.45) is 7.05 Å². The molecule has 0 spiro atoms. The van der Waals surface area contributed by atoms with E-state index in [1.165, 1.54) is 17.3 Å². The van der Waals surface area contributed by atoms with E-state index < -0.39 is 5.97 Å². The first-order valence-corrected chi connectivity index (χ1v) is 6.92. The molecule has 0 amide bonds. The zero-order valence-corrected chi connectivity index (χ0v) is 11.4. The average molecular weight is 277 g/mol. The number of nitrogens with zero attached hydrogens (tertiary/aromatic N) is 3. The summed E-state index contributed by atoms with van der Waals surface area (Å²) in [5, 5.41) is 13.6. The van der Waals surface area contributed by atoms with Gasteiger partial charge in [0, 0.05) is 13.5 Å². The molecule has 0 unspecified atom stereocenters. The number of thioether (sulfide) groups is 1. The molecule has 2 rings (SSSR count). The van der Waals surface area contributed by atoms with Crippen molar-refractivity contribution >= 4 is 17.7 Å². The standard InChI is InChI=1S/C13H15N3O2S/c1-16-13(19-9-12(17)18)14-11(15-16)8-7-10-5-3-2-4-6-10/h2-6H,7-9H2,1H3,(H,17,18). The fourth-order valence-corrected chi connectivity index (χ4v) is 2.33. The first kappa shape index (κ1) is 13.6. The number of carboxylic acids is 1. The highest BCUT2D eigenvalue weighted by atomic mass is 32.2. The summed E-state index contributed by atoms with van der Waals surface area (Å²) < 4.78 is 1.63. The fourth-order valence-electron chi connectivity index (χ4n) is 1.68. The van der Waals surface area contributed by atoms with Crippen LogP contribution in [-0.2, 0) is 24.7 Å². The van der Waals surface area contributed by atoms with Crippen LogP contribution in [-0.4, -0.2) is 31.6 Å². The molecule has 0 saturated heterocycles. The van der Waals surface area contributed by atoms with Gasteiger partial charge in [-0.05, 0) is 12.0 Å². The Bertz CT molecular complexity index is 554. The lowest BCUT2D eigenvalue weighted by Gasteiger charge is -1.96. The van der Waals surface area contributed by atoms with Gasteiger partial charge < -0.3 is 5.11 Å². The molecule has 0 saturated carbocycles. The average Bonchev–Trinajstić information content (AvgIpc) is 2.76. The van der Waals surface area contributed by atoms with Gasteiger partial charge in [-0.25, -0.2) is 9.67 Å². The summed E-state index contributed by atoms with van der Waals surface area (Å²) in [7, 11) is 1.78. The highest BCUT2D eigenvalue weighted by Gasteiger charge is 2.09. The minimum Gasteiger partial charge on any atom is -0.481 e. The number of aromatic nitrogens is 3. The van der Waals surface area contributed by atoms with Gasteiger partial charge in [0.25, 0.3) is 0 Å². The van der Waals surface area contributed by atoms with Crippen LogP contribution in [0.3, 0.4) is 0 Å². The lowest BCUT2D eigenvalue weighted by Crippen LogP contribution is -2.00. The zero-order valence-electron chi connectivity index (χ0n) is 10.6. The van der Waals surface area contributed by atoms with E-state index in [1.807, 2.05) is 18.2 Å². The minimum atomic E-state index is -0.848. The number of benzene rings is 1. The molecular weight excluding hydrogens is 262 g/mol. The maximum Gasteiger partial charge on any atom is 0.313 e. The van der Waals surface area contributed by atoms with Crippen molar-refractivity contribution < 1.29 is 9.90 Å². The molecule has 19 heavy (non-hydrogen) atoms. The van der Waals surface area contributed by atoms with Gasteiger partial charge in [-0.1, -0.05) is 42.1 Å². The summed E-state index contributed by atoms with van der Waals surface area (Å²) in [6.07, 6.45) is 1.64. The van der Waals surface area contributed by atoms with E-state index in [0.717, 1.165) is 18.7 Å². The summed E-state index contributed by atoms with van der Waals surface area (Å²) in [4.78, 5) is 14.9. The van der Waals surface area contributed by atoms with E-state index in [2.05, 4.69) is 22.2 Å². The molecule has 0 aliphatic heterocycles. The van der Waals surface area contributed by atoms with Gasteiger partial charge in [0.1, 0.15) is 0 Å². The second-order valence-corrected chi connectivity index (χ2v) is 5.04. The number of hydrogen-bond donors (Lipinski definition) is 1. The highest BCUT2D eigenvalue weighted by Crippen LogP contribution is 2.15. The van der Waals surface area contributed by atoms with Gasteiger partial charge in [0.2, 0.25) is 0 Å². The van der Waals surface area contributed by atoms with Crippen LogP contribution >= 0.6 is 11.8 Å². The third kappa shape index (κ3) is 4.10. The molecule has 1 heterocycles. The van der Waals surface area contributed by atoms with Crippen molar-refractivity contribution in [1.29, 1.82) is 0 Å². The minimum absolute atomic E-state index is 0.00462. The van der Waals surface area contributed by atoms with Crippen LogP contribution in [0.4, 0.5) is 0 Å². The molecule has 6 heteroatoms. The fraction of sp³-hybridized carbons (Fsp3) is 0.308. The number of hydrogen-bond acceptors (Lipinski definition) is 4. The molecule has 5 nitrogen and oxygen atoms in total. The zero-order chi connectivity index (χ0) is 13.7. The van der Waals surface area contributed by atoms with Crippen LogP contribution in [0.2, 0.25) is 0 Å². The first-order valence-electron chi connectivity index (χ1n) is 5.93. The van der Waals surface area contributed by atoms with E-state index in [1.54, 1.807) is 11.7 Å². The van der Waals surface area contributed by atoms with Gasteiger partial charge in [0.05, 0.1) is 5.75 Å². The van der Waals surface area contributed by atoms with Crippen molar-refractivity contribution in [3.05, 3.63) is 41.7 Å². The highest BCUT2D eigenvalue weighted by molar-refractivity contribution is 7.99. The Morgan fingerprint density at radius 3 is 2.74 bits per heavy atom. The van der Waals surface area contributed by atoms with Crippen molar-refractivity contribution in [3.63, 3.8) is 0 Å². The summed E-state index contributed by atoms with van der Waals surface area (Å²) in [5.41, 5.74) is 1.25. The van der Waals surface area contributed by atoms with E-state index in [4.69, 9.17) is 5.11 Å². The Morgan fingerprint density at radius 2 is 2.05 bits per heavy atom. The van der Waals surface area contributed by atoms with E-state index in [9.17, 15) is 4.79 Å². The molecular formula is C13H15N3O2S. The number of carboxylic acid groups (broad SMARTS) is 1. The van der Waals surface area contributed by atoms with Crippen LogP contribution in [0, 0.1) is 0 Å². The number of rotatable bonds is 6. The molecule has 0 fully saturated rings. The third-order valence-corrected chi connectivity index (χ3v) is 3.58. The SMILES string of the molecule is Cn1nc(CCc2ccccc2)nc1SCC(=O)O. The lowest BCUT2D eigenvalue weighted by molar-refractivity contribution is -0.133. The maximum absolute atomic E-state index is 10.5. The van der Waals surface area contributed by atoms with Gasteiger partial charge in [-0.15, -0.1) is 0 Å². The van der Waals surface area contributed by atoms with E-state index >= 15 is 0 Å². The van der Waals surface area contributed by atoms with Crippen molar-refractivity contribution in [3.8, 4) is 0 Å². The van der Waals surface area contributed by atoms with Crippen LogP contribution < -0.4 is 0 Å². The maximum atomic E-state index is 10.5. The topological polar surface area (TPSA) is 68.0 Å². The molecule has 1 aromatic carbocycles. The van der Waals surface area contributed by atoms with Gasteiger partial charge in [-0.2, -0.15) is 5.10 Å². The molecule has 2 aromatic rings. The summed E-state index contributed by atoms with van der Waals surface area (Å²) in [5.74, 6) is -0.0944. The van der Waals surface area contributed by atoms with Gasteiger partial charge in [-0.3, -0.25) is 4.79 Å². The third-order valence-electron chi connectivity index (χ3n) is 2.57. The molecule has 100 valence electrons. The summed E-state index contributed by atoms with van der Waals surface area (Å²) >= 11 is 1.19. The second-order valence-electron chi connectivity index (χ2n) is 4.10. The Balaban J connectivity index is 1.94. The second kappa shape index (κ2) is 6.38. The van der Waals surface area contributed by atoms with Crippen molar-refractivity contribution in [2.75, 3.05) is 5.75 Å². The lowest BCUT2D eigenvalue weighted by atomic mass is 10.1. The molecule has 0 aliphatic rings. The predicted octanol–water partition coefficient (Wildman–Crippen LogP) is 1.78. The molecule has 1 aromatic heterocycles. The van der Waals surface area contributed by atoms with Crippen molar-refractivity contribution in [2.45, 2.75) is 18.0 Å². The van der Waals surface area contributed by atoms with E-state index in [-0.39, 0.29) is 5.75 Å². The molecule has 0 atom stereocenters. The largest absolute Gasteiger partial charge is 0.481 e. The molecule has 0 aliphatic carbocycles. The van der Waals surface area contributed by atoms with Crippen LogP contribution in [0.15, 0.2) is 35.5 Å². The molecule has 0 bridgehead atoms. The monoisotopic (exact) mass is 277 g/mol. The van der Waals surface area contributed by atoms with Crippen LogP contribution in [0.5, 0.6) is 0 Å². The van der Waals surface area contributed by atoms with Gasteiger partial charge in [0.15, 0.2) is 11.0 Å². The Kier molecular flexibility index (Phi) is 4.57. The van der Waals surface area contributed by atoms with Gasteiger partial charge >= 0.3 is 5.97 Å². The normalized spacial score (nSPS) is 10.6. The predicted molar refractivity (Wildman–Crippen MR) is 73.2 cm³/mol. The number of aryl methyl sites for hydroxylation is 3. The first-order chi connectivity index (χ1) is 9.15.